The number of thiophene rings is 1. The lowest BCUT2D eigenvalue weighted by atomic mass is 10.1. The molecular formula is C20H25NO4S. The van der Waals surface area contributed by atoms with Crippen molar-refractivity contribution in [3.8, 4) is 11.5 Å². The van der Waals surface area contributed by atoms with E-state index < -0.39 is 0 Å². The van der Waals surface area contributed by atoms with E-state index >= 15 is 0 Å². The lowest BCUT2D eigenvalue weighted by Crippen LogP contribution is -2.27. The summed E-state index contributed by atoms with van der Waals surface area (Å²) in [7, 11) is 0. The smallest absolute Gasteiger partial charge is 0.220 e. The summed E-state index contributed by atoms with van der Waals surface area (Å²) in [5.74, 6) is 1.22. The standard InChI is InChI=1S/C20H25NO4S/c1-4-24-17-10-8-15(13-18(17)25-5-2)14(3)21-20(23)11-9-16(22)19-7-6-12-26-19/h6-8,10,12-14H,4-5,9,11H2,1-3H3,(H,21,23). The van der Waals surface area contributed by atoms with E-state index in [4.69, 9.17) is 9.47 Å². The Balaban J connectivity index is 1.93. The number of ether oxygens (including phenoxy) is 2. The van der Waals surface area contributed by atoms with E-state index in [2.05, 4.69) is 5.32 Å². The van der Waals surface area contributed by atoms with Crippen molar-refractivity contribution in [2.24, 2.45) is 0 Å². The Kier molecular flexibility index (Phi) is 7.66. The van der Waals surface area contributed by atoms with Crippen LogP contribution in [-0.2, 0) is 4.79 Å². The van der Waals surface area contributed by atoms with Gasteiger partial charge in [0.2, 0.25) is 5.91 Å². The molecule has 1 N–H and O–H groups in total. The van der Waals surface area contributed by atoms with Gasteiger partial charge in [-0.1, -0.05) is 12.1 Å². The number of Topliss-reactive ketones (excluding diaryl/α,β-unsaturated/α-hetero) is 1. The summed E-state index contributed by atoms with van der Waals surface area (Å²) in [4.78, 5) is 24.8. The van der Waals surface area contributed by atoms with Crippen LogP contribution in [0.1, 0.15) is 54.9 Å². The fraction of sp³-hybridized carbons (Fsp3) is 0.400. The third kappa shape index (κ3) is 5.59. The maximum absolute atomic E-state index is 12.2. The van der Waals surface area contributed by atoms with Crippen LogP contribution in [0.25, 0.3) is 0 Å². The fourth-order valence-electron chi connectivity index (χ4n) is 2.52. The van der Waals surface area contributed by atoms with Crippen LogP contribution in [0.4, 0.5) is 0 Å². The molecule has 0 saturated carbocycles. The highest BCUT2D eigenvalue weighted by Crippen LogP contribution is 2.30. The van der Waals surface area contributed by atoms with Crippen LogP contribution in [0.5, 0.6) is 11.5 Å². The Labute approximate surface area is 158 Å². The molecule has 0 aliphatic rings. The molecule has 2 rings (SSSR count). The highest BCUT2D eigenvalue weighted by molar-refractivity contribution is 7.12. The third-order valence-corrected chi connectivity index (χ3v) is 4.73. The molecule has 1 heterocycles. The molecule has 1 unspecified atom stereocenters. The average Bonchev–Trinajstić information content (AvgIpc) is 3.16. The van der Waals surface area contributed by atoms with Crippen molar-refractivity contribution in [3.05, 3.63) is 46.2 Å². The van der Waals surface area contributed by atoms with Crippen LogP contribution >= 0.6 is 11.3 Å². The normalized spacial score (nSPS) is 11.7. The topological polar surface area (TPSA) is 64.6 Å². The van der Waals surface area contributed by atoms with Crippen LogP contribution < -0.4 is 14.8 Å². The second kappa shape index (κ2) is 9.97. The summed E-state index contributed by atoms with van der Waals surface area (Å²) in [5.41, 5.74) is 0.926. The van der Waals surface area contributed by atoms with Crippen LogP contribution in [-0.4, -0.2) is 24.9 Å². The van der Waals surface area contributed by atoms with Gasteiger partial charge in [0.1, 0.15) is 0 Å². The van der Waals surface area contributed by atoms with E-state index in [1.165, 1.54) is 11.3 Å². The average molecular weight is 375 g/mol. The van der Waals surface area contributed by atoms with Crippen LogP contribution in [0.15, 0.2) is 35.7 Å². The highest BCUT2D eigenvalue weighted by atomic mass is 32.1. The minimum absolute atomic E-state index is 0.00232. The molecule has 2 aromatic rings. The maximum Gasteiger partial charge on any atom is 0.220 e. The van der Waals surface area contributed by atoms with Crippen molar-refractivity contribution < 1.29 is 19.1 Å². The van der Waals surface area contributed by atoms with Gasteiger partial charge in [-0.15, -0.1) is 11.3 Å². The number of ketones is 1. The van der Waals surface area contributed by atoms with Gasteiger partial charge in [0.25, 0.3) is 0 Å². The highest BCUT2D eigenvalue weighted by Gasteiger charge is 2.15. The Morgan fingerprint density at radius 3 is 2.46 bits per heavy atom. The number of rotatable bonds is 10. The quantitative estimate of drug-likeness (QED) is 0.626. The molecule has 6 heteroatoms. The molecule has 0 bridgehead atoms. The number of benzene rings is 1. The summed E-state index contributed by atoms with van der Waals surface area (Å²) < 4.78 is 11.2. The first-order valence-corrected chi connectivity index (χ1v) is 9.68. The Morgan fingerprint density at radius 2 is 1.81 bits per heavy atom. The molecule has 1 aromatic heterocycles. The largest absolute Gasteiger partial charge is 0.490 e. The van der Waals surface area contributed by atoms with Crippen molar-refractivity contribution >= 4 is 23.0 Å². The zero-order chi connectivity index (χ0) is 18.9. The van der Waals surface area contributed by atoms with Gasteiger partial charge in [0, 0.05) is 12.8 Å². The second-order valence-corrected chi connectivity index (χ2v) is 6.71. The van der Waals surface area contributed by atoms with Gasteiger partial charge in [-0.2, -0.15) is 0 Å². The lowest BCUT2D eigenvalue weighted by molar-refractivity contribution is -0.121. The summed E-state index contributed by atoms with van der Waals surface area (Å²) in [5, 5.41) is 4.79. The van der Waals surface area contributed by atoms with E-state index in [-0.39, 0.29) is 30.6 Å². The molecule has 26 heavy (non-hydrogen) atoms. The lowest BCUT2D eigenvalue weighted by Gasteiger charge is -2.17. The fourth-order valence-corrected chi connectivity index (χ4v) is 3.22. The number of amides is 1. The van der Waals surface area contributed by atoms with E-state index in [0.29, 0.717) is 29.6 Å². The molecule has 1 aromatic carbocycles. The van der Waals surface area contributed by atoms with Gasteiger partial charge in [-0.3, -0.25) is 9.59 Å². The van der Waals surface area contributed by atoms with E-state index in [1.54, 1.807) is 6.07 Å². The van der Waals surface area contributed by atoms with Crippen molar-refractivity contribution in [2.45, 2.75) is 39.7 Å². The summed E-state index contributed by atoms with van der Waals surface area (Å²) >= 11 is 1.40. The first kappa shape index (κ1) is 20.0. The number of carbonyl (C=O) groups is 2. The van der Waals surface area contributed by atoms with E-state index in [1.807, 2.05) is 50.4 Å². The van der Waals surface area contributed by atoms with Crippen molar-refractivity contribution in [2.75, 3.05) is 13.2 Å². The number of hydrogen-bond acceptors (Lipinski definition) is 5. The van der Waals surface area contributed by atoms with Gasteiger partial charge in [0.15, 0.2) is 17.3 Å². The van der Waals surface area contributed by atoms with Gasteiger partial charge in [-0.25, -0.2) is 0 Å². The summed E-state index contributed by atoms with van der Waals surface area (Å²) in [6, 6.07) is 9.08. The zero-order valence-corrected chi connectivity index (χ0v) is 16.2. The van der Waals surface area contributed by atoms with E-state index in [0.717, 1.165) is 5.56 Å². The number of hydrogen-bond donors (Lipinski definition) is 1. The summed E-state index contributed by atoms with van der Waals surface area (Å²) in [6.07, 6.45) is 0.392. The molecule has 0 fully saturated rings. The van der Waals surface area contributed by atoms with Crippen molar-refractivity contribution in [3.63, 3.8) is 0 Å². The van der Waals surface area contributed by atoms with Crippen LogP contribution in [0, 0.1) is 0 Å². The molecule has 140 valence electrons. The molecule has 0 spiro atoms. The summed E-state index contributed by atoms with van der Waals surface area (Å²) in [6.45, 7) is 6.84. The number of nitrogens with one attached hydrogen (secondary N) is 1. The zero-order valence-electron chi connectivity index (χ0n) is 15.4. The Bertz CT molecular complexity index is 727. The molecule has 0 aliphatic carbocycles. The Hall–Kier alpha value is -2.34. The van der Waals surface area contributed by atoms with Crippen molar-refractivity contribution in [1.82, 2.24) is 5.32 Å². The predicted molar refractivity (Wildman–Crippen MR) is 103 cm³/mol. The third-order valence-electron chi connectivity index (χ3n) is 3.82. The van der Waals surface area contributed by atoms with Crippen LogP contribution in [0.3, 0.4) is 0 Å². The molecule has 1 amide bonds. The number of carbonyl (C=O) groups excluding carboxylic acids is 2. The first-order chi connectivity index (χ1) is 12.5. The molecule has 1 atom stereocenters. The second-order valence-electron chi connectivity index (χ2n) is 5.76. The van der Waals surface area contributed by atoms with Gasteiger partial charge in [0.05, 0.1) is 24.1 Å². The molecule has 0 aliphatic heterocycles. The predicted octanol–water partition coefficient (Wildman–Crippen LogP) is 4.39. The van der Waals surface area contributed by atoms with Crippen LogP contribution in [0.2, 0.25) is 0 Å². The minimum Gasteiger partial charge on any atom is -0.490 e. The van der Waals surface area contributed by atoms with Gasteiger partial charge < -0.3 is 14.8 Å². The monoisotopic (exact) mass is 375 g/mol. The first-order valence-electron chi connectivity index (χ1n) is 8.80. The minimum atomic E-state index is -0.186. The van der Waals surface area contributed by atoms with Crippen molar-refractivity contribution in [1.29, 1.82) is 0 Å². The van der Waals surface area contributed by atoms with E-state index in [9.17, 15) is 9.59 Å². The van der Waals surface area contributed by atoms with Gasteiger partial charge in [-0.05, 0) is 49.9 Å². The maximum atomic E-state index is 12.2. The SMILES string of the molecule is CCOc1ccc(C(C)NC(=O)CCC(=O)c2cccs2)cc1OCC. The van der Waals surface area contributed by atoms with Gasteiger partial charge >= 0.3 is 0 Å². The molecule has 5 nitrogen and oxygen atoms in total. The molecule has 0 saturated heterocycles. The Morgan fingerprint density at radius 1 is 1.08 bits per heavy atom. The molecule has 0 radical (unpaired) electrons. The molecular weight excluding hydrogens is 350 g/mol.